The first-order valence-electron chi connectivity index (χ1n) is 8.72. The number of rotatable bonds is 7. The smallest absolute Gasteiger partial charge is 0.253 e. The largest absolute Gasteiger partial charge is 0.356 e. The monoisotopic (exact) mass is 484 g/mol. The Balaban J connectivity index is 0.00000364. The molecule has 1 atom stereocenters. The molecular weight excluding hydrogens is 455 g/mol. The highest BCUT2D eigenvalue weighted by atomic mass is 127. The maximum Gasteiger partial charge on any atom is 0.253 e. The van der Waals surface area contributed by atoms with Gasteiger partial charge in [-0.05, 0) is 29.7 Å². The second-order valence-electron chi connectivity index (χ2n) is 6.54. The van der Waals surface area contributed by atoms with E-state index in [9.17, 15) is 4.79 Å². The van der Waals surface area contributed by atoms with Crippen molar-refractivity contribution >= 4 is 35.8 Å². The highest BCUT2D eigenvalue weighted by Crippen LogP contribution is 2.06. The molecule has 2 aromatic rings. The Labute approximate surface area is 178 Å². The molecule has 148 valence electrons. The fourth-order valence-electron chi connectivity index (χ4n) is 2.49. The van der Waals surface area contributed by atoms with Crippen molar-refractivity contribution in [2.75, 3.05) is 27.7 Å². The van der Waals surface area contributed by atoms with Crippen LogP contribution >= 0.6 is 24.0 Å². The molecule has 0 spiro atoms. The minimum absolute atomic E-state index is 0. The number of nitrogens with one attached hydrogen (secondary N) is 2. The summed E-state index contributed by atoms with van der Waals surface area (Å²) in [6.07, 6.45) is 3.76. The van der Waals surface area contributed by atoms with Gasteiger partial charge in [0.2, 0.25) is 0 Å². The van der Waals surface area contributed by atoms with Crippen molar-refractivity contribution in [1.82, 2.24) is 25.3 Å². The third-order valence-corrected chi connectivity index (χ3v) is 3.97. The van der Waals surface area contributed by atoms with Gasteiger partial charge in [-0.2, -0.15) is 5.10 Å². The van der Waals surface area contributed by atoms with E-state index in [2.05, 4.69) is 27.6 Å². The Morgan fingerprint density at radius 2 is 1.96 bits per heavy atom. The topological polar surface area (TPSA) is 74.6 Å². The Kier molecular flexibility index (Phi) is 9.84. The molecule has 1 amide bonds. The number of hydrogen-bond acceptors (Lipinski definition) is 3. The minimum Gasteiger partial charge on any atom is -0.356 e. The molecule has 0 aliphatic heterocycles. The van der Waals surface area contributed by atoms with E-state index < -0.39 is 0 Å². The highest BCUT2D eigenvalue weighted by molar-refractivity contribution is 14.0. The Bertz CT molecular complexity index is 712. The van der Waals surface area contributed by atoms with Gasteiger partial charge >= 0.3 is 0 Å². The predicted molar refractivity (Wildman–Crippen MR) is 119 cm³/mol. The lowest BCUT2D eigenvalue weighted by atomic mass is 10.1. The van der Waals surface area contributed by atoms with Crippen LogP contribution in [0.4, 0.5) is 0 Å². The van der Waals surface area contributed by atoms with Crippen molar-refractivity contribution in [2.45, 2.75) is 20.0 Å². The van der Waals surface area contributed by atoms with Gasteiger partial charge in [0.05, 0.1) is 0 Å². The quantitative estimate of drug-likeness (QED) is 0.359. The first kappa shape index (κ1) is 22.9. The summed E-state index contributed by atoms with van der Waals surface area (Å²) < 4.78 is 1.93. The highest BCUT2D eigenvalue weighted by Gasteiger charge is 2.08. The molecule has 7 nitrogen and oxygen atoms in total. The molecule has 27 heavy (non-hydrogen) atoms. The van der Waals surface area contributed by atoms with Crippen LogP contribution in [0.5, 0.6) is 0 Å². The summed E-state index contributed by atoms with van der Waals surface area (Å²) in [6.45, 7) is 4.47. The van der Waals surface area contributed by atoms with Gasteiger partial charge < -0.3 is 15.5 Å². The maximum atomic E-state index is 11.9. The van der Waals surface area contributed by atoms with Crippen LogP contribution in [0.15, 0.2) is 47.7 Å². The number of nitrogens with zero attached hydrogens (tertiary/aromatic N) is 4. The molecule has 2 rings (SSSR count). The number of carbonyl (C=O) groups is 1. The van der Waals surface area contributed by atoms with E-state index >= 15 is 0 Å². The van der Waals surface area contributed by atoms with Crippen molar-refractivity contribution in [3.8, 4) is 0 Å². The number of hydrogen-bond donors (Lipinski definition) is 2. The third kappa shape index (κ3) is 7.58. The number of amides is 1. The van der Waals surface area contributed by atoms with Crippen molar-refractivity contribution < 1.29 is 4.79 Å². The molecule has 0 saturated carbocycles. The lowest BCUT2D eigenvalue weighted by Gasteiger charge is -2.16. The van der Waals surface area contributed by atoms with E-state index in [1.165, 1.54) is 0 Å². The van der Waals surface area contributed by atoms with Crippen molar-refractivity contribution in [2.24, 2.45) is 10.9 Å². The van der Waals surface area contributed by atoms with Crippen LogP contribution in [-0.4, -0.2) is 54.2 Å². The zero-order valence-electron chi connectivity index (χ0n) is 16.3. The van der Waals surface area contributed by atoms with Crippen LogP contribution in [0.25, 0.3) is 0 Å². The fraction of sp³-hybridized carbons (Fsp3) is 0.421. The van der Waals surface area contributed by atoms with Crippen LogP contribution in [-0.2, 0) is 13.1 Å². The summed E-state index contributed by atoms with van der Waals surface area (Å²) in [5, 5.41) is 10.9. The van der Waals surface area contributed by atoms with Gasteiger partial charge in [0.1, 0.15) is 0 Å². The van der Waals surface area contributed by atoms with Crippen molar-refractivity contribution in [1.29, 1.82) is 0 Å². The maximum absolute atomic E-state index is 11.9. The molecule has 0 aliphatic carbocycles. The van der Waals surface area contributed by atoms with Gasteiger partial charge in [0.25, 0.3) is 5.91 Å². The number of halogens is 1. The van der Waals surface area contributed by atoms with E-state index in [0.29, 0.717) is 18.0 Å². The van der Waals surface area contributed by atoms with Gasteiger partial charge in [-0.3, -0.25) is 14.5 Å². The zero-order chi connectivity index (χ0) is 18.9. The Hall–Kier alpha value is -2.10. The molecule has 0 bridgehead atoms. The molecule has 8 heteroatoms. The van der Waals surface area contributed by atoms with E-state index in [4.69, 9.17) is 0 Å². The Morgan fingerprint density at radius 3 is 2.52 bits per heavy atom. The molecule has 1 aromatic carbocycles. The molecule has 1 heterocycles. The number of aliphatic imine (C=N–C) groups is 1. The van der Waals surface area contributed by atoms with Crippen LogP contribution < -0.4 is 10.6 Å². The zero-order valence-corrected chi connectivity index (χ0v) is 18.7. The van der Waals surface area contributed by atoms with E-state index in [1.54, 1.807) is 32.2 Å². The van der Waals surface area contributed by atoms with Crippen molar-refractivity contribution in [3.63, 3.8) is 0 Å². The van der Waals surface area contributed by atoms with Gasteiger partial charge in [-0.25, -0.2) is 0 Å². The average Bonchev–Trinajstić information content (AvgIpc) is 3.14. The first-order valence-corrected chi connectivity index (χ1v) is 8.72. The van der Waals surface area contributed by atoms with E-state index in [-0.39, 0.29) is 29.9 Å². The summed E-state index contributed by atoms with van der Waals surface area (Å²) in [4.78, 5) is 17.7. The standard InChI is InChI=1S/C19H28N6O.HI/c1-15(14-25-11-5-10-23-25)12-21-19(20-2)22-13-16-6-8-17(9-7-16)18(26)24(3)4;/h5-11,15H,12-14H2,1-4H3,(H2,20,21,22);1H. The Morgan fingerprint density at radius 1 is 1.26 bits per heavy atom. The lowest BCUT2D eigenvalue weighted by molar-refractivity contribution is 0.0827. The lowest BCUT2D eigenvalue weighted by Crippen LogP contribution is -2.39. The summed E-state index contributed by atoms with van der Waals surface area (Å²) in [5.74, 6) is 1.18. The molecule has 0 radical (unpaired) electrons. The molecule has 2 N–H and O–H groups in total. The van der Waals surface area contributed by atoms with E-state index in [0.717, 1.165) is 24.6 Å². The van der Waals surface area contributed by atoms with Crippen LogP contribution in [0.1, 0.15) is 22.8 Å². The van der Waals surface area contributed by atoms with Gasteiger partial charge in [0.15, 0.2) is 5.96 Å². The second kappa shape index (κ2) is 11.6. The SMILES string of the molecule is CN=C(NCc1ccc(C(=O)N(C)C)cc1)NCC(C)Cn1cccn1.I. The number of aromatic nitrogens is 2. The molecule has 0 fully saturated rings. The average molecular weight is 484 g/mol. The summed E-state index contributed by atoms with van der Waals surface area (Å²) >= 11 is 0. The molecule has 0 saturated heterocycles. The van der Waals surface area contributed by atoms with Crippen molar-refractivity contribution in [3.05, 3.63) is 53.9 Å². The van der Waals surface area contributed by atoms with Gasteiger partial charge in [-0.1, -0.05) is 19.1 Å². The van der Waals surface area contributed by atoms with Crippen LogP contribution in [0.2, 0.25) is 0 Å². The van der Waals surface area contributed by atoms with Gasteiger partial charge in [0, 0.05) is 58.7 Å². The first-order chi connectivity index (χ1) is 12.5. The van der Waals surface area contributed by atoms with Gasteiger partial charge in [-0.15, -0.1) is 24.0 Å². The second-order valence-corrected chi connectivity index (χ2v) is 6.54. The van der Waals surface area contributed by atoms with Crippen LogP contribution in [0, 0.1) is 5.92 Å². The molecule has 0 aliphatic rings. The predicted octanol–water partition coefficient (Wildman–Crippen LogP) is 2.20. The minimum atomic E-state index is 0. The summed E-state index contributed by atoms with van der Waals surface area (Å²) in [7, 11) is 5.26. The fourth-order valence-corrected chi connectivity index (χ4v) is 2.49. The summed E-state index contributed by atoms with van der Waals surface area (Å²) in [5.41, 5.74) is 1.78. The van der Waals surface area contributed by atoms with E-state index in [1.807, 2.05) is 41.2 Å². The number of carbonyl (C=O) groups excluding carboxylic acids is 1. The number of benzene rings is 1. The third-order valence-electron chi connectivity index (χ3n) is 3.97. The number of guanidine groups is 1. The molecule has 1 unspecified atom stereocenters. The van der Waals surface area contributed by atoms with Crippen LogP contribution in [0.3, 0.4) is 0 Å². The molecule has 1 aromatic heterocycles. The molecular formula is C19H29IN6O. The summed E-state index contributed by atoms with van der Waals surface area (Å²) in [6, 6.07) is 9.54. The normalized spacial score (nSPS) is 12.1.